The maximum atomic E-state index is 12.6. The molecule has 0 bridgehead atoms. The Bertz CT molecular complexity index is 618. The molecule has 0 aliphatic heterocycles. The van der Waals surface area contributed by atoms with E-state index in [9.17, 15) is 4.79 Å². The molecule has 21 heavy (non-hydrogen) atoms. The summed E-state index contributed by atoms with van der Waals surface area (Å²) in [5, 5.41) is 2.97. The van der Waals surface area contributed by atoms with Crippen LogP contribution >= 0.6 is 0 Å². The summed E-state index contributed by atoms with van der Waals surface area (Å²) < 4.78 is 0. The van der Waals surface area contributed by atoms with E-state index >= 15 is 0 Å². The molecule has 3 N–H and O–H groups in total. The molecule has 0 spiro atoms. The Morgan fingerprint density at radius 2 is 1.62 bits per heavy atom. The normalized spacial score (nSPS) is 13.8. The summed E-state index contributed by atoms with van der Waals surface area (Å²) >= 11 is 0. The van der Waals surface area contributed by atoms with E-state index in [-0.39, 0.29) is 5.91 Å². The lowest BCUT2D eigenvalue weighted by molar-refractivity contribution is -0.120. The van der Waals surface area contributed by atoms with Crippen LogP contribution in [-0.2, 0) is 10.3 Å². The quantitative estimate of drug-likeness (QED) is 0.899. The zero-order valence-corrected chi connectivity index (χ0v) is 12.8. The van der Waals surface area contributed by atoms with Crippen LogP contribution in [0.25, 0.3) is 0 Å². The molecule has 110 valence electrons. The number of nitrogens with two attached hydrogens (primary N) is 1. The number of nitrogens with one attached hydrogen (secondary N) is 1. The third kappa shape index (κ3) is 3.31. The Balaban J connectivity index is 2.26. The first kappa shape index (κ1) is 15.3. The van der Waals surface area contributed by atoms with Crippen LogP contribution in [0.2, 0.25) is 0 Å². The summed E-state index contributed by atoms with van der Waals surface area (Å²) in [6, 6.07) is 17.2. The lowest BCUT2D eigenvalue weighted by Gasteiger charge is -2.25. The van der Waals surface area contributed by atoms with Gasteiger partial charge in [0.25, 0.3) is 0 Å². The van der Waals surface area contributed by atoms with Crippen LogP contribution < -0.4 is 11.1 Å². The molecular formula is C18H22N2O. The van der Waals surface area contributed by atoms with Gasteiger partial charge in [-0.1, -0.05) is 62.4 Å². The van der Waals surface area contributed by atoms with Gasteiger partial charge in [0.2, 0.25) is 5.91 Å². The highest BCUT2D eigenvalue weighted by molar-refractivity contribution is 5.98. The Hall–Kier alpha value is -2.13. The van der Waals surface area contributed by atoms with E-state index in [4.69, 9.17) is 5.73 Å². The third-order valence-corrected chi connectivity index (χ3v) is 3.68. The van der Waals surface area contributed by atoms with Gasteiger partial charge in [-0.05, 0) is 30.0 Å². The van der Waals surface area contributed by atoms with Crippen molar-refractivity contribution >= 4 is 11.6 Å². The van der Waals surface area contributed by atoms with Crippen molar-refractivity contribution in [1.29, 1.82) is 0 Å². The molecule has 2 aromatic rings. The molecule has 3 nitrogen and oxygen atoms in total. The Labute approximate surface area is 126 Å². The van der Waals surface area contributed by atoms with E-state index in [2.05, 4.69) is 19.2 Å². The third-order valence-electron chi connectivity index (χ3n) is 3.68. The molecule has 0 aliphatic carbocycles. The van der Waals surface area contributed by atoms with Gasteiger partial charge in [-0.2, -0.15) is 0 Å². The summed E-state index contributed by atoms with van der Waals surface area (Å²) in [5.74, 6) is 0.129. The first-order valence-corrected chi connectivity index (χ1v) is 7.17. The van der Waals surface area contributed by atoms with Gasteiger partial charge >= 0.3 is 0 Å². The van der Waals surface area contributed by atoms with Crippen molar-refractivity contribution in [3.8, 4) is 0 Å². The molecule has 2 rings (SSSR count). The molecule has 1 atom stereocenters. The summed E-state index contributed by atoms with van der Waals surface area (Å²) in [6.07, 6.45) is 0. The molecule has 0 saturated carbocycles. The molecule has 2 aromatic carbocycles. The topological polar surface area (TPSA) is 55.1 Å². The molecule has 3 heteroatoms. The number of amides is 1. The number of rotatable bonds is 4. The number of anilines is 1. The molecule has 0 fully saturated rings. The van der Waals surface area contributed by atoms with Crippen molar-refractivity contribution in [2.45, 2.75) is 32.2 Å². The number of hydrogen-bond donors (Lipinski definition) is 2. The highest BCUT2D eigenvalue weighted by Crippen LogP contribution is 2.26. The fourth-order valence-electron chi connectivity index (χ4n) is 2.28. The van der Waals surface area contributed by atoms with Crippen molar-refractivity contribution in [2.24, 2.45) is 5.73 Å². The highest BCUT2D eigenvalue weighted by atomic mass is 16.2. The number of carbonyl (C=O) groups is 1. The van der Waals surface area contributed by atoms with Crippen LogP contribution in [0.4, 0.5) is 5.69 Å². The van der Waals surface area contributed by atoms with Crippen molar-refractivity contribution in [1.82, 2.24) is 0 Å². The summed E-state index contributed by atoms with van der Waals surface area (Å²) in [4.78, 5) is 12.6. The van der Waals surface area contributed by atoms with Gasteiger partial charge in [0.05, 0.1) is 0 Å². The van der Waals surface area contributed by atoms with Gasteiger partial charge in [-0.15, -0.1) is 0 Å². The predicted octanol–water partition coefficient (Wildman–Crippen LogP) is 3.62. The minimum atomic E-state index is -1.06. The lowest BCUT2D eigenvalue weighted by Crippen LogP contribution is -2.45. The smallest absolute Gasteiger partial charge is 0.248 e. The van der Waals surface area contributed by atoms with Crippen LogP contribution in [0.5, 0.6) is 0 Å². The molecular weight excluding hydrogens is 260 g/mol. The first-order valence-electron chi connectivity index (χ1n) is 7.17. The summed E-state index contributed by atoms with van der Waals surface area (Å²) in [6.45, 7) is 5.93. The van der Waals surface area contributed by atoms with E-state index in [0.717, 1.165) is 16.8 Å². The Morgan fingerprint density at radius 3 is 2.24 bits per heavy atom. The average molecular weight is 282 g/mol. The second-order valence-corrected chi connectivity index (χ2v) is 5.76. The molecule has 1 amide bonds. The van der Waals surface area contributed by atoms with Crippen LogP contribution in [0.1, 0.15) is 37.8 Å². The predicted molar refractivity (Wildman–Crippen MR) is 87.1 cm³/mol. The summed E-state index contributed by atoms with van der Waals surface area (Å²) in [7, 11) is 0. The first-order chi connectivity index (χ1) is 9.93. The SMILES string of the molecule is CC(C)c1ccccc1NC(=O)C(C)(N)c1ccccc1. The monoisotopic (exact) mass is 282 g/mol. The van der Waals surface area contributed by atoms with Gasteiger partial charge in [0.1, 0.15) is 5.54 Å². The number of benzene rings is 2. The molecule has 0 aromatic heterocycles. The van der Waals surface area contributed by atoms with Crippen LogP contribution in [0, 0.1) is 0 Å². The van der Waals surface area contributed by atoms with E-state index < -0.39 is 5.54 Å². The van der Waals surface area contributed by atoms with Crippen molar-refractivity contribution in [2.75, 3.05) is 5.32 Å². The van der Waals surface area contributed by atoms with Gasteiger partial charge in [-0.25, -0.2) is 0 Å². The molecule has 1 unspecified atom stereocenters. The molecule has 0 heterocycles. The second-order valence-electron chi connectivity index (χ2n) is 5.76. The fourth-order valence-corrected chi connectivity index (χ4v) is 2.28. The lowest BCUT2D eigenvalue weighted by atomic mass is 9.91. The standard InChI is InChI=1S/C18H22N2O/c1-13(2)15-11-7-8-12-16(15)20-17(21)18(3,19)14-9-5-4-6-10-14/h4-13H,19H2,1-3H3,(H,20,21). The maximum Gasteiger partial charge on any atom is 0.248 e. The molecule has 0 saturated heterocycles. The van der Waals surface area contributed by atoms with Crippen molar-refractivity contribution < 1.29 is 4.79 Å². The molecule has 0 aliphatic rings. The van der Waals surface area contributed by atoms with E-state index in [1.54, 1.807) is 6.92 Å². The van der Waals surface area contributed by atoms with Gasteiger partial charge in [-0.3, -0.25) is 4.79 Å². The van der Waals surface area contributed by atoms with Crippen LogP contribution in [-0.4, -0.2) is 5.91 Å². The van der Waals surface area contributed by atoms with Gasteiger partial charge < -0.3 is 11.1 Å². The summed E-state index contributed by atoms with van der Waals surface area (Å²) in [5.41, 5.74) is 7.91. The highest BCUT2D eigenvalue weighted by Gasteiger charge is 2.30. The Morgan fingerprint density at radius 1 is 1.05 bits per heavy atom. The van der Waals surface area contributed by atoms with Gasteiger partial charge in [0.15, 0.2) is 0 Å². The maximum absolute atomic E-state index is 12.6. The van der Waals surface area contributed by atoms with E-state index in [1.165, 1.54) is 0 Å². The minimum absolute atomic E-state index is 0.207. The Kier molecular flexibility index (Phi) is 4.43. The van der Waals surface area contributed by atoms with E-state index in [1.807, 2.05) is 54.6 Å². The number of carbonyl (C=O) groups excluding carboxylic acids is 1. The fraction of sp³-hybridized carbons (Fsp3) is 0.278. The number of para-hydroxylation sites is 1. The van der Waals surface area contributed by atoms with Crippen LogP contribution in [0.3, 0.4) is 0 Å². The average Bonchev–Trinajstić information content (AvgIpc) is 2.48. The second kappa shape index (κ2) is 6.10. The molecule has 0 radical (unpaired) electrons. The van der Waals surface area contributed by atoms with E-state index in [0.29, 0.717) is 5.92 Å². The van der Waals surface area contributed by atoms with Crippen molar-refractivity contribution in [3.63, 3.8) is 0 Å². The van der Waals surface area contributed by atoms with Crippen LogP contribution in [0.15, 0.2) is 54.6 Å². The van der Waals surface area contributed by atoms with Gasteiger partial charge in [0, 0.05) is 5.69 Å². The minimum Gasteiger partial charge on any atom is -0.324 e. The number of hydrogen-bond acceptors (Lipinski definition) is 2. The van der Waals surface area contributed by atoms with Crippen molar-refractivity contribution in [3.05, 3.63) is 65.7 Å². The zero-order chi connectivity index (χ0) is 15.5. The largest absolute Gasteiger partial charge is 0.324 e. The zero-order valence-electron chi connectivity index (χ0n) is 12.8.